The van der Waals surface area contributed by atoms with Gasteiger partial charge in [0.1, 0.15) is 0 Å². The third kappa shape index (κ3) is 11.3. The van der Waals surface area contributed by atoms with Crippen LogP contribution in [0.25, 0.3) is 0 Å². The molecule has 19 heavy (non-hydrogen) atoms. The Morgan fingerprint density at radius 1 is 0.737 bits per heavy atom. The first kappa shape index (κ1) is 16.1. The van der Waals surface area contributed by atoms with Gasteiger partial charge in [-0.05, 0) is 0 Å². The highest BCUT2D eigenvalue weighted by Crippen LogP contribution is 1.81. The predicted octanol–water partition coefficient (Wildman–Crippen LogP) is -1.15. The number of carbonyl (C=O) groups excluding carboxylic acids is 2. The van der Waals surface area contributed by atoms with E-state index >= 15 is 0 Å². The summed E-state index contributed by atoms with van der Waals surface area (Å²) < 4.78 is 8.64. The molecule has 0 spiro atoms. The zero-order valence-electron chi connectivity index (χ0n) is 9.47. The second kappa shape index (κ2) is 9.15. The predicted molar refractivity (Wildman–Crippen MR) is 56.2 cm³/mol. The number of hydrogen-bond acceptors (Lipinski definition) is 6. The van der Waals surface area contributed by atoms with E-state index in [9.17, 15) is 19.2 Å². The van der Waals surface area contributed by atoms with Gasteiger partial charge in [0.25, 0.3) is 0 Å². The van der Waals surface area contributed by atoms with Gasteiger partial charge in [-0.15, -0.1) is 0 Å². The molecule has 0 aliphatic rings. The fourth-order valence-corrected chi connectivity index (χ4v) is 0.623. The Hall–Kier alpha value is -2.92. The van der Waals surface area contributed by atoms with Crippen LogP contribution in [0.3, 0.4) is 0 Å². The molecule has 0 fully saturated rings. The summed E-state index contributed by atoms with van der Waals surface area (Å²) in [5.41, 5.74) is 0. The molecule has 0 bridgehead atoms. The number of carboxylic acid groups (broad SMARTS) is 2. The van der Waals surface area contributed by atoms with Crippen molar-refractivity contribution in [1.82, 2.24) is 21.3 Å². The fraction of sp³-hybridized carbons (Fsp3) is 0.429. The van der Waals surface area contributed by atoms with E-state index in [1.807, 2.05) is 21.3 Å². The molecule has 0 aromatic rings. The van der Waals surface area contributed by atoms with Crippen LogP contribution in [0.5, 0.6) is 0 Å². The Balaban J connectivity index is 3.50. The van der Waals surface area contributed by atoms with Crippen molar-refractivity contribution in [3.8, 4) is 0 Å². The molecule has 0 saturated heterocycles. The summed E-state index contributed by atoms with van der Waals surface area (Å²) in [6.45, 7) is -1.47. The van der Waals surface area contributed by atoms with Gasteiger partial charge in [0.2, 0.25) is 6.79 Å². The third-order valence-electron chi connectivity index (χ3n) is 1.32. The lowest BCUT2D eigenvalue weighted by Gasteiger charge is -2.08. The van der Waals surface area contributed by atoms with Gasteiger partial charge >= 0.3 is 24.4 Å². The Labute approximate surface area is 106 Å². The lowest BCUT2D eigenvalue weighted by Crippen LogP contribution is -2.38. The molecule has 12 nitrogen and oxygen atoms in total. The molecule has 0 radical (unpaired) electrons. The summed E-state index contributed by atoms with van der Waals surface area (Å²) in [5.74, 6) is 0. The molecule has 0 saturated carbocycles. The Bertz CT molecular complexity index is 314. The van der Waals surface area contributed by atoms with Crippen molar-refractivity contribution in [1.29, 1.82) is 0 Å². The smallest absolute Gasteiger partial charge is 0.411 e. The molecule has 0 unspecified atom stereocenters. The van der Waals surface area contributed by atoms with Gasteiger partial charge in [-0.1, -0.05) is 0 Å². The first-order chi connectivity index (χ1) is 8.91. The van der Waals surface area contributed by atoms with Crippen LogP contribution < -0.4 is 21.3 Å². The van der Waals surface area contributed by atoms with E-state index in [0.717, 1.165) is 0 Å². The van der Waals surface area contributed by atoms with Crippen molar-refractivity contribution in [2.75, 3.05) is 20.1 Å². The highest BCUT2D eigenvalue weighted by Gasteiger charge is 2.05. The zero-order valence-corrected chi connectivity index (χ0v) is 9.47. The van der Waals surface area contributed by atoms with Gasteiger partial charge in [0, 0.05) is 0 Å². The maximum Gasteiger partial charge on any atom is 0.411 e. The first-order valence-corrected chi connectivity index (χ1v) is 4.66. The number of rotatable bonds is 6. The van der Waals surface area contributed by atoms with Gasteiger partial charge in [0.05, 0.1) is 13.3 Å². The molecular formula is C7H12N4O8. The minimum atomic E-state index is -1.33. The molecule has 0 rings (SSSR count). The minimum Gasteiger partial charge on any atom is -0.465 e. The molecule has 0 heterocycles. The van der Waals surface area contributed by atoms with E-state index < -0.39 is 31.2 Å². The van der Waals surface area contributed by atoms with Gasteiger partial charge in [-0.3, -0.25) is 0 Å². The minimum absolute atomic E-state index is 0.372. The van der Waals surface area contributed by atoms with Gasteiger partial charge in [-0.25, -0.2) is 19.2 Å². The summed E-state index contributed by atoms with van der Waals surface area (Å²) >= 11 is 0. The monoisotopic (exact) mass is 280 g/mol. The van der Waals surface area contributed by atoms with E-state index in [-0.39, 0.29) is 13.3 Å². The normalized spacial score (nSPS) is 8.84. The van der Waals surface area contributed by atoms with Crippen LogP contribution in [-0.2, 0) is 9.47 Å². The summed E-state index contributed by atoms with van der Waals surface area (Å²) in [6, 6.07) is 0. The summed E-state index contributed by atoms with van der Waals surface area (Å²) in [7, 11) is 0. The Kier molecular flexibility index (Phi) is 7.74. The Morgan fingerprint density at radius 3 is 1.42 bits per heavy atom. The SMILES string of the molecule is O=C(O)NCNC(=O)OCOC(=O)NCNC(=O)O. The average molecular weight is 280 g/mol. The number of amides is 4. The molecule has 0 aromatic carbocycles. The highest BCUT2D eigenvalue weighted by molar-refractivity contribution is 5.70. The van der Waals surface area contributed by atoms with Crippen LogP contribution in [0.4, 0.5) is 19.2 Å². The molecule has 4 amide bonds. The van der Waals surface area contributed by atoms with Crippen molar-refractivity contribution in [2.24, 2.45) is 0 Å². The molecule has 0 aliphatic heterocycles. The molecule has 6 N–H and O–H groups in total. The van der Waals surface area contributed by atoms with E-state index in [4.69, 9.17) is 10.2 Å². The van der Waals surface area contributed by atoms with Gasteiger partial charge in [0.15, 0.2) is 0 Å². The molecule has 108 valence electrons. The van der Waals surface area contributed by atoms with Crippen LogP contribution in [0.15, 0.2) is 0 Å². The van der Waals surface area contributed by atoms with E-state index in [1.54, 1.807) is 0 Å². The maximum absolute atomic E-state index is 10.8. The van der Waals surface area contributed by atoms with E-state index in [1.165, 1.54) is 0 Å². The fourth-order valence-electron chi connectivity index (χ4n) is 0.623. The zero-order chi connectivity index (χ0) is 14.7. The van der Waals surface area contributed by atoms with Gasteiger partial charge in [-0.2, -0.15) is 0 Å². The number of carbonyl (C=O) groups is 4. The van der Waals surface area contributed by atoms with Crippen LogP contribution in [0.1, 0.15) is 0 Å². The average Bonchev–Trinajstić information content (AvgIpc) is 2.27. The number of nitrogens with one attached hydrogen (secondary N) is 4. The molecular weight excluding hydrogens is 268 g/mol. The standard InChI is InChI=1S/C7H12N4O8/c12-4(13)8-1-10-6(16)18-3-19-7(17)11-2-9-5(14)15/h8-9H,1-3H2,(H,10,16)(H,11,17)(H,12,13)(H,14,15). The Morgan fingerprint density at radius 2 is 1.11 bits per heavy atom. The van der Waals surface area contributed by atoms with Crippen molar-refractivity contribution in [2.45, 2.75) is 0 Å². The van der Waals surface area contributed by atoms with Crippen LogP contribution in [-0.4, -0.2) is 54.7 Å². The number of alkyl carbamates (subject to hydrolysis) is 2. The van der Waals surface area contributed by atoms with Gasteiger partial charge < -0.3 is 41.0 Å². The first-order valence-electron chi connectivity index (χ1n) is 4.66. The van der Waals surface area contributed by atoms with Crippen molar-refractivity contribution < 1.29 is 38.9 Å². The van der Waals surface area contributed by atoms with Crippen molar-refractivity contribution >= 4 is 24.4 Å². The number of hydrogen-bond donors (Lipinski definition) is 6. The topological polar surface area (TPSA) is 175 Å². The summed E-state index contributed by atoms with van der Waals surface area (Å²) in [6.07, 6.45) is -4.68. The summed E-state index contributed by atoms with van der Waals surface area (Å²) in [5, 5.41) is 24.0. The number of ether oxygens (including phenoxy) is 2. The van der Waals surface area contributed by atoms with E-state index in [0.29, 0.717) is 0 Å². The van der Waals surface area contributed by atoms with Crippen LogP contribution >= 0.6 is 0 Å². The van der Waals surface area contributed by atoms with Crippen molar-refractivity contribution in [3.63, 3.8) is 0 Å². The maximum atomic E-state index is 10.8. The third-order valence-corrected chi connectivity index (χ3v) is 1.32. The van der Waals surface area contributed by atoms with Crippen LogP contribution in [0, 0.1) is 0 Å². The molecule has 12 heteroatoms. The van der Waals surface area contributed by atoms with Crippen molar-refractivity contribution in [3.05, 3.63) is 0 Å². The van der Waals surface area contributed by atoms with Crippen LogP contribution in [0.2, 0.25) is 0 Å². The molecule has 0 aliphatic carbocycles. The largest absolute Gasteiger partial charge is 0.465 e. The lowest BCUT2D eigenvalue weighted by molar-refractivity contribution is 0.0242. The molecule has 0 atom stereocenters. The second-order valence-corrected chi connectivity index (χ2v) is 2.65. The molecule has 0 aromatic heterocycles. The van der Waals surface area contributed by atoms with E-state index in [2.05, 4.69) is 9.47 Å². The summed E-state index contributed by atoms with van der Waals surface area (Å²) in [4.78, 5) is 41.7. The second-order valence-electron chi connectivity index (χ2n) is 2.65. The highest BCUT2D eigenvalue weighted by atomic mass is 16.7. The lowest BCUT2D eigenvalue weighted by atomic mass is 10.9. The quantitative estimate of drug-likeness (QED) is 0.330.